The van der Waals surface area contributed by atoms with E-state index in [2.05, 4.69) is 32.3 Å². The summed E-state index contributed by atoms with van der Waals surface area (Å²) < 4.78 is 0. The van der Waals surface area contributed by atoms with E-state index in [4.69, 9.17) is 0 Å². The smallest absolute Gasteiger partial charge is 0.0186 e. The fourth-order valence-electron chi connectivity index (χ4n) is 3.21. The summed E-state index contributed by atoms with van der Waals surface area (Å²) in [5.74, 6) is 4.06. The van der Waals surface area contributed by atoms with Crippen molar-refractivity contribution in [2.45, 2.75) is 52.5 Å². The first-order valence-electron chi connectivity index (χ1n) is 6.89. The van der Waals surface area contributed by atoms with Crippen LogP contribution < -0.4 is 5.32 Å². The van der Waals surface area contributed by atoms with Gasteiger partial charge < -0.3 is 5.32 Å². The molecule has 2 heteroatoms. The van der Waals surface area contributed by atoms with Crippen LogP contribution in [0.3, 0.4) is 0 Å². The van der Waals surface area contributed by atoms with Gasteiger partial charge in [-0.15, -0.1) is 0 Å². The van der Waals surface area contributed by atoms with Gasteiger partial charge in [-0.05, 0) is 56.2 Å². The SMILES string of the molecule is CCCNC(CSC)C1CC(C)CC(C)C1. The Morgan fingerprint density at radius 2 is 1.81 bits per heavy atom. The fraction of sp³-hybridized carbons (Fsp3) is 1.00. The molecule has 1 rings (SSSR count). The number of thioether (sulfide) groups is 1. The summed E-state index contributed by atoms with van der Waals surface area (Å²) >= 11 is 1.99. The van der Waals surface area contributed by atoms with Crippen molar-refractivity contribution in [3.05, 3.63) is 0 Å². The van der Waals surface area contributed by atoms with Crippen LogP contribution in [0.2, 0.25) is 0 Å². The van der Waals surface area contributed by atoms with Gasteiger partial charge in [0.2, 0.25) is 0 Å². The second-order valence-corrected chi connectivity index (χ2v) is 6.60. The largest absolute Gasteiger partial charge is 0.313 e. The standard InChI is InChI=1S/C14H29NS/c1-5-6-15-14(10-16-4)13-8-11(2)7-12(3)9-13/h11-15H,5-10H2,1-4H3. The number of rotatable bonds is 6. The number of nitrogens with one attached hydrogen (secondary N) is 1. The van der Waals surface area contributed by atoms with E-state index in [-0.39, 0.29) is 0 Å². The Kier molecular flexibility index (Phi) is 6.83. The van der Waals surface area contributed by atoms with E-state index in [0.717, 1.165) is 23.8 Å². The van der Waals surface area contributed by atoms with Gasteiger partial charge in [-0.3, -0.25) is 0 Å². The summed E-state index contributed by atoms with van der Waals surface area (Å²) in [6, 6.07) is 0.750. The monoisotopic (exact) mass is 243 g/mol. The van der Waals surface area contributed by atoms with E-state index in [1.54, 1.807) is 0 Å². The second-order valence-electron chi connectivity index (χ2n) is 5.69. The summed E-state index contributed by atoms with van der Waals surface area (Å²) in [6.07, 6.45) is 7.80. The lowest BCUT2D eigenvalue weighted by Gasteiger charge is -2.36. The average molecular weight is 243 g/mol. The lowest BCUT2D eigenvalue weighted by atomic mass is 9.74. The van der Waals surface area contributed by atoms with Gasteiger partial charge in [0, 0.05) is 11.8 Å². The summed E-state index contributed by atoms with van der Waals surface area (Å²) in [5.41, 5.74) is 0. The first kappa shape index (κ1) is 14.4. The number of hydrogen-bond acceptors (Lipinski definition) is 2. The van der Waals surface area contributed by atoms with E-state index in [9.17, 15) is 0 Å². The first-order valence-corrected chi connectivity index (χ1v) is 8.29. The van der Waals surface area contributed by atoms with Gasteiger partial charge in [0.15, 0.2) is 0 Å². The lowest BCUT2D eigenvalue weighted by molar-refractivity contribution is 0.184. The minimum atomic E-state index is 0.750. The maximum Gasteiger partial charge on any atom is 0.0186 e. The molecule has 16 heavy (non-hydrogen) atoms. The molecule has 0 aromatic heterocycles. The highest BCUT2D eigenvalue weighted by atomic mass is 32.2. The summed E-state index contributed by atoms with van der Waals surface area (Å²) in [7, 11) is 0. The van der Waals surface area contributed by atoms with E-state index in [1.165, 1.54) is 38.0 Å². The Hall–Kier alpha value is 0.310. The molecule has 0 heterocycles. The first-order chi connectivity index (χ1) is 7.67. The maximum absolute atomic E-state index is 3.76. The quantitative estimate of drug-likeness (QED) is 0.762. The maximum atomic E-state index is 3.76. The summed E-state index contributed by atoms with van der Waals surface area (Å²) in [6.45, 7) is 8.30. The minimum absolute atomic E-state index is 0.750. The number of hydrogen-bond donors (Lipinski definition) is 1. The molecule has 1 N–H and O–H groups in total. The van der Waals surface area contributed by atoms with Crippen LogP contribution in [-0.4, -0.2) is 24.6 Å². The van der Waals surface area contributed by atoms with Crippen LogP contribution in [0.5, 0.6) is 0 Å². The molecule has 96 valence electrons. The zero-order valence-corrected chi connectivity index (χ0v) is 12.3. The molecular weight excluding hydrogens is 214 g/mol. The van der Waals surface area contributed by atoms with Gasteiger partial charge in [-0.25, -0.2) is 0 Å². The Labute approximate surface area is 106 Å². The Morgan fingerprint density at radius 3 is 2.31 bits per heavy atom. The highest BCUT2D eigenvalue weighted by molar-refractivity contribution is 7.98. The lowest BCUT2D eigenvalue weighted by Crippen LogP contribution is -2.41. The van der Waals surface area contributed by atoms with Crippen LogP contribution in [-0.2, 0) is 0 Å². The molecule has 0 saturated heterocycles. The van der Waals surface area contributed by atoms with Crippen molar-refractivity contribution in [3.63, 3.8) is 0 Å². The van der Waals surface area contributed by atoms with Crippen molar-refractivity contribution in [3.8, 4) is 0 Å². The molecular formula is C14H29NS. The minimum Gasteiger partial charge on any atom is -0.313 e. The van der Waals surface area contributed by atoms with Crippen LogP contribution in [0.4, 0.5) is 0 Å². The molecule has 1 aliphatic carbocycles. The molecule has 0 aromatic carbocycles. The predicted octanol–water partition coefficient (Wildman–Crippen LogP) is 3.79. The van der Waals surface area contributed by atoms with Gasteiger partial charge in [-0.1, -0.05) is 20.8 Å². The molecule has 0 radical (unpaired) electrons. The van der Waals surface area contributed by atoms with E-state index < -0.39 is 0 Å². The highest BCUT2D eigenvalue weighted by Gasteiger charge is 2.29. The van der Waals surface area contributed by atoms with Gasteiger partial charge in [0.1, 0.15) is 0 Å². The molecule has 1 aliphatic rings. The van der Waals surface area contributed by atoms with Gasteiger partial charge in [0.05, 0.1) is 0 Å². The molecule has 3 atom stereocenters. The third-order valence-electron chi connectivity index (χ3n) is 3.79. The third-order valence-corrected chi connectivity index (χ3v) is 4.48. The van der Waals surface area contributed by atoms with E-state index in [1.807, 2.05) is 11.8 Å². The average Bonchev–Trinajstić information content (AvgIpc) is 2.22. The molecule has 0 aliphatic heterocycles. The van der Waals surface area contributed by atoms with Gasteiger partial charge in [-0.2, -0.15) is 11.8 Å². The molecule has 0 spiro atoms. The van der Waals surface area contributed by atoms with Crippen LogP contribution in [0.1, 0.15) is 46.5 Å². The van der Waals surface area contributed by atoms with Crippen molar-refractivity contribution in [2.75, 3.05) is 18.6 Å². The molecule has 0 bridgehead atoms. The van der Waals surface area contributed by atoms with E-state index in [0.29, 0.717) is 0 Å². The van der Waals surface area contributed by atoms with Crippen LogP contribution >= 0.6 is 11.8 Å². The molecule has 0 aromatic rings. The van der Waals surface area contributed by atoms with Crippen molar-refractivity contribution in [1.29, 1.82) is 0 Å². The Bertz CT molecular complexity index is 174. The predicted molar refractivity (Wildman–Crippen MR) is 76.1 cm³/mol. The molecule has 1 saturated carbocycles. The van der Waals surface area contributed by atoms with Gasteiger partial charge in [0.25, 0.3) is 0 Å². The molecule has 1 nitrogen and oxygen atoms in total. The zero-order valence-electron chi connectivity index (χ0n) is 11.5. The second kappa shape index (κ2) is 7.60. The van der Waals surface area contributed by atoms with Crippen molar-refractivity contribution in [2.24, 2.45) is 17.8 Å². The Balaban J connectivity index is 2.47. The normalized spacial score (nSPS) is 32.6. The van der Waals surface area contributed by atoms with Crippen molar-refractivity contribution < 1.29 is 0 Å². The molecule has 3 unspecified atom stereocenters. The van der Waals surface area contributed by atoms with Crippen molar-refractivity contribution in [1.82, 2.24) is 5.32 Å². The summed E-state index contributed by atoms with van der Waals surface area (Å²) in [4.78, 5) is 0. The fourth-order valence-corrected chi connectivity index (χ4v) is 3.96. The summed E-state index contributed by atoms with van der Waals surface area (Å²) in [5, 5.41) is 3.76. The van der Waals surface area contributed by atoms with Gasteiger partial charge >= 0.3 is 0 Å². The third kappa shape index (κ3) is 4.67. The van der Waals surface area contributed by atoms with Crippen LogP contribution in [0.15, 0.2) is 0 Å². The highest BCUT2D eigenvalue weighted by Crippen LogP contribution is 2.35. The zero-order chi connectivity index (χ0) is 12.0. The Morgan fingerprint density at radius 1 is 1.19 bits per heavy atom. The van der Waals surface area contributed by atoms with Crippen molar-refractivity contribution >= 4 is 11.8 Å². The topological polar surface area (TPSA) is 12.0 Å². The van der Waals surface area contributed by atoms with Crippen LogP contribution in [0, 0.1) is 17.8 Å². The van der Waals surface area contributed by atoms with E-state index >= 15 is 0 Å². The van der Waals surface area contributed by atoms with Crippen LogP contribution in [0.25, 0.3) is 0 Å². The molecule has 0 amide bonds. The molecule has 1 fully saturated rings.